The standard InChI is InChI=1S/C14H17N3O4S2/c1-21-10-2-3-11-12(6-10)17-14(16-11)22-7-13(18)15-9-4-5-23(19,20)8-9/h2-3,6,9H,4-5,7-8H2,1H3,(H,15,18)(H,16,17)/t9-/m1/s1. The largest absolute Gasteiger partial charge is 0.497 e. The summed E-state index contributed by atoms with van der Waals surface area (Å²) in [7, 11) is -1.39. The van der Waals surface area contributed by atoms with Gasteiger partial charge in [-0.15, -0.1) is 0 Å². The number of aromatic nitrogens is 2. The summed E-state index contributed by atoms with van der Waals surface area (Å²) >= 11 is 1.28. The maximum absolute atomic E-state index is 11.9. The first-order valence-corrected chi connectivity index (χ1v) is 9.92. The van der Waals surface area contributed by atoms with Crippen molar-refractivity contribution in [2.75, 3.05) is 24.4 Å². The van der Waals surface area contributed by atoms with E-state index in [1.54, 1.807) is 7.11 Å². The minimum absolute atomic E-state index is 0.0356. The highest BCUT2D eigenvalue weighted by molar-refractivity contribution is 7.99. The summed E-state index contributed by atoms with van der Waals surface area (Å²) in [6.07, 6.45) is 0.489. The average molecular weight is 355 g/mol. The molecule has 1 saturated heterocycles. The highest BCUT2D eigenvalue weighted by atomic mass is 32.2. The SMILES string of the molecule is COc1ccc2nc(SCC(=O)N[C@@H]3CCS(=O)(=O)C3)[nH]c2c1. The Labute approximate surface area is 138 Å². The second-order valence-electron chi connectivity index (χ2n) is 5.38. The third-order valence-corrected chi connectivity index (χ3v) is 6.25. The van der Waals surface area contributed by atoms with Crippen LogP contribution in [0.25, 0.3) is 11.0 Å². The molecule has 9 heteroatoms. The van der Waals surface area contributed by atoms with Gasteiger partial charge in [-0.25, -0.2) is 13.4 Å². The molecule has 3 rings (SSSR count). The highest BCUT2D eigenvalue weighted by Crippen LogP contribution is 2.23. The molecule has 2 heterocycles. The predicted octanol–water partition coefficient (Wildman–Crippen LogP) is 0.967. The molecule has 1 aliphatic rings. The van der Waals surface area contributed by atoms with Crippen molar-refractivity contribution >= 4 is 38.5 Å². The summed E-state index contributed by atoms with van der Waals surface area (Å²) in [4.78, 5) is 19.4. The number of nitrogens with one attached hydrogen (secondary N) is 2. The van der Waals surface area contributed by atoms with Crippen LogP contribution in [0, 0.1) is 0 Å². The van der Waals surface area contributed by atoms with E-state index >= 15 is 0 Å². The number of thioether (sulfide) groups is 1. The molecular formula is C14H17N3O4S2. The lowest BCUT2D eigenvalue weighted by Crippen LogP contribution is -2.36. The van der Waals surface area contributed by atoms with Crippen molar-refractivity contribution in [2.45, 2.75) is 17.6 Å². The Morgan fingerprint density at radius 1 is 1.52 bits per heavy atom. The average Bonchev–Trinajstić information content (AvgIpc) is 3.06. The summed E-state index contributed by atoms with van der Waals surface area (Å²) < 4.78 is 27.9. The van der Waals surface area contributed by atoms with Gasteiger partial charge in [0, 0.05) is 12.1 Å². The number of fused-ring (bicyclic) bond motifs is 1. The molecule has 0 spiro atoms. The van der Waals surface area contributed by atoms with E-state index in [4.69, 9.17) is 4.74 Å². The van der Waals surface area contributed by atoms with Crippen LogP contribution in [0.5, 0.6) is 5.75 Å². The number of carbonyl (C=O) groups excluding carboxylic acids is 1. The third kappa shape index (κ3) is 3.97. The van der Waals surface area contributed by atoms with Gasteiger partial charge in [0.2, 0.25) is 5.91 Å². The molecule has 1 atom stereocenters. The second-order valence-corrected chi connectivity index (χ2v) is 8.57. The number of amides is 1. The molecule has 0 aliphatic carbocycles. The van der Waals surface area contributed by atoms with Crippen LogP contribution in [-0.4, -0.2) is 54.7 Å². The molecule has 0 radical (unpaired) electrons. The van der Waals surface area contributed by atoms with Crippen molar-refractivity contribution in [1.82, 2.24) is 15.3 Å². The van der Waals surface area contributed by atoms with Gasteiger partial charge in [0.15, 0.2) is 15.0 Å². The Bertz CT molecular complexity index is 832. The van der Waals surface area contributed by atoms with Crippen LogP contribution in [0.3, 0.4) is 0 Å². The lowest BCUT2D eigenvalue weighted by Gasteiger charge is -2.09. The minimum atomic E-state index is -2.98. The number of hydrogen-bond acceptors (Lipinski definition) is 6. The molecule has 0 bridgehead atoms. The Balaban J connectivity index is 1.56. The Morgan fingerprint density at radius 2 is 2.35 bits per heavy atom. The maximum atomic E-state index is 11.9. The van der Waals surface area contributed by atoms with Crippen LogP contribution < -0.4 is 10.1 Å². The molecule has 1 amide bonds. The molecular weight excluding hydrogens is 338 g/mol. The van der Waals surface area contributed by atoms with Crippen LogP contribution in [0.1, 0.15) is 6.42 Å². The lowest BCUT2D eigenvalue weighted by atomic mass is 10.3. The first kappa shape index (κ1) is 16.1. The number of sulfone groups is 1. The van der Waals surface area contributed by atoms with Crippen molar-refractivity contribution < 1.29 is 17.9 Å². The van der Waals surface area contributed by atoms with Crippen LogP contribution in [0.4, 0.5) is 0 Å². The van der Waals surface area contributed by atoms with Crippen molar-refractivity contribution in [1.29, 1.82) is 0 Å². The van der Waals surface area contributed by atoms with Crippen molar-refractivity contribution in [2.24, 2.45) is 0 Å². The van der Waals surface area contributed by atoms with Gasteiger partial charge >= 0.3 is 0 Å². The smallest absolute Gasteiger partial charge is 0.230 e. The highest BCUT2D eigenvalue weighted by Gasteiger charge is 2.28. The van der Waals surface area contributed by atoms with Gasteiger partial charge in [0.1, 0.15) is 5.75 Å². The first-order chi connectivity index (χ1) is 10.9. The fraction of sp³-hybridized carbons (Fsp3) is 0.429. The minimum Gasteiger partial charge on any atom is -0.497 e. The monoisotopic (exact) mass is 355 g/mol. The van der Waals surface area contributed by atoms with Gasteiger partial charge in [-0.2, -0.15) is 0 Å². The molecule has 2 N–H and O–H groups in total. The summed E-state index contributed by atoms with van der Waals surface area (Å²) in [6, 6.07) is 5.24. The van der Waals surface area contributed by atoms with Crippen molar-refractivity contribution in [3.8, 4) is 5.75 Å². The van der Waals surface area contributed by atoms with E-state index in [1.807, 2.05) is 18.2 Å². The number of aromatic amines is 1. The van der Waals surface area contributed by atoms with Crippen LogP contribution in [0.15, 0.2) is 23.4 Å². The topological polar surface area (TPSA) is 101 Å². The number of rotatable bonds is 5. The molecule has 1 aromatic carbocycles. The molecule has 0 unspecified atom stereocenters. The van der Waals surface area contributed by atoms with E-state index in [9.17, 15) is 13.2 Å². The van der Waals surface area contributed by atoms with E-state index in [0.717, 1.165) is 16.8 Å². The number of carbonyl (C=O) groups is 1. The molecule has 1 fully saturated rings. The number of H-pyrrole nitrogens is 1. The Hall–Kier alpha value is -1.74. The summed E-state index contributed by atoms with van der Waals surface area (Å²) in [5.74, 6) is 0.922. The van der Waals surface area contributed by atoms with Gasteiger partial charge in [-0.3, -0.25) is 4.79 Å². The lowest BCUT2D eigenvalue weighted by molar-refractivity contribution is -0.119. The van der Waals surface area contributed by atoms with E-state index < -0.39 is 9.84 Å². The summed E-state index contributed by atoms with van der Waals surface area (Å²) in [6.45, 7) is 0. The normalized spacial score (nSPS) is 19.8. The van der Waals surface area contributed by atoms with Crippen molar-refractivity contribution in [3.63, 3.8) is 0 Å². The Kier molecular flexibility index (Phi) is 4.49. The van der Waals surface area contributed by atoms with E-state index in [0.29, 0.717) is 11.6 Å². The maximum Gasteiger partial charge on any atom is 0.230 e. The van der Waals surface area contributed by atoms with E-state index in [1.165, 1.54) is 11.8 Å². The molecule has 0 saturated carbocycles. The predicted molar refractivity (Wildman–Crippen MR) is 88.6 cm³/mol. The van der Waals surface area contributed by atoms with E-state index in [2.05, 4.69) is 15.3 Å². The van der Waals surface area contributed by atoms with Crippen LogP contribution >= 0.6 is 11.8 Å². The second kappa shape index (κ2) is 6.40. The molecule has 7 nitrogen and oxygen atoms in total. The van der Waals surface area contributed by atoms with Gasteiger partial charge in [0.05, 0.1) is 35.4 Å². The van der Waals surface area contributed by atoms with Crippen molar-refractivity contribution in [3.05, 3.63) is 18.2 Å². The number of methoxy groups -OCH3 is 1. The molecule has 124 valence electrons. The summed E-state index contributed by atoms with van der Waals surface area (Å²) in [5.41, 5.74) is 1.64. The number of hydrogen-bond donors (Lipinski definition) is 2. The number of nitrogens with zero attached hydrogens (tertiary/aromatic N) is 1. The summed E-state index contributed by atoms with van der Waals surface area (Å²) in [5, 5.41) is 3.40. The van der Waals surface area contributed by atoms with Crippen LogP contribution in [-0.2, 0) is 14.6 Å². The number of ether oxygens (including phenoxy) is 1. The molecule has 23 heavy (non-hydrogen) atoms. The zero-order valence-electron chi connectivity index (χ0n) is 12.5. The number of imidazole rings is 1. The quantitative estimate of drug-likeness (QED) is 0.775. The zero-order valence-corrected chi connectivity index (χ0v) is 14.2. The van der Waals surface area contributed by atoms with Crippen LogP contribution in [0.2, 0.25) is 0 Å². The molecule has 1 aliphatic heterocycles. The van der Waals surface area contributed by atoms with Gasteiger partial charge < -0.3 is 15.0 Å². The zero-order chi connectivity index (χ0) is 16.4. The first-order valence-electron chi connectivity index (χ1n) is 7.11. The Morgan fingerprint density at radius 3 is 3.04 bits per heavy atom. The molecule has 1 aromatic heterocycles. The van der Waals surface area contributed by atoms with Gasteiger partial charge in [-0.05, 0) is 18.6 Å². The third-order valence-electron chi connectivity index (χ3n) is 3.60. The fourth-order valence-corrected chi connectivity index (χ4v) is 4.84. The van der Waals surface area contributed by atoms with Gasteiger partial charge in [0.25, 0.3) is 0 Å². The fourth-order valence-electron chi connectivity index (χ4n) is 2.47. The van der Waals surface area contributed by atoms with Gasteiger partial charge in [-0.1, -0.05) is 11.8 Å². The van der Waals surface area contributed by atoms with E-state index in [-0.39, 0.29) is 29.2 Å². The molecule has 2 aromatic rings. The number of benzene rings is 1.